The molecule has 0 atom stereocenters. The second-order valence-corrected chi connectivity index (χ2v) is 9.69. The molecule has 0 aromatic heterocycles. The van der Waals surface area contributed by atoms with Crippen LogP contribution in [0.3, 0.4) is 0 Å². The zero-order valence-corrected chi connectivity index (χ0v) is 11.6. The van der Waals surface area contributed by atoms with Crippen molar-refractivity contribution < 1.29 is 4.43 Å². The van der Waals surface area contributed by atoms with Gasteiger partial charge >= 0.3 is 0 Å². The van der Waals surface area contributed by atoms with E-state index >= 15 is 0 Å². The van der Waals surface area contributed by atoms with E-state index in [1.807, 2.05) is 19.1 Å². The first-order valence-corrected chi connectivity index (χ1v) is 8.74. The van der Waals surface area contributed by atoms with Gasteiger partial charge in [0.05, 0.1) is 5.69 Å². The first kappa shape index (κ1) is 11.6. The van der Waals surface area contributed by atoms with Crippen molar-refractivity contribution >= 4 is 29.9 Å². The first-order valence-electron chi connectivity index (χ1n) is 4.54. The third kappa shape index (κ3) is 3.03. The molecule has 0 unspecified atom stereocenters. The summed E-state index contributed by atoms with van der Waals surface area (Å²) in [6.07, 6.45) is 0. The molecule has 2 nitrogen and oxygen atoms in total. The Balaban J connectivity index is 3.09. The maximum atomic E-state index is 5.94. The monoisotopic (exact) mass is 273 g/mol. The average molecular weight is 274 g/mol. The molecular formula is C10H16BrNOSi. The summed E-state index contributed by atoms with van der Waals surface area (Å²) in [5.74, 6) is 0.802. The van der Waals surface area contributed by atoms with Gasteiger partial charge in [-0.15, -0.1) is 0 Å². The summed E-state index contributed by atoms with van der Waals surface area (Å²) in [5, 5.41) is 0. The molecule has 0 fully saturated rings. The Kier molecular flexibility index (Phi) is 3.27. The fourth-order valence-electron chi connectivity index (χ4n) is 1.14. The highest BCUT2D eigenvalue weighted by atomic mass is 79.9. The fraction of sp³-hybridized carbons (Fsp3) is 0.400. The van der Waals surface area contributed by atoms with Crippen LogP contribution in [0.2, 0.25) is 19.6 Å². The number of benzene rings is 1. The van der Waals surface area contributed by atoms with Crippen LogP contribution in [0.15, 0.2) is 16.6 Å². The van der Waals surface area contributed by atoms with Crippen LogP contribution in [0.25, 0.3) is 0 Å². The molecule has 1 rings (SSSR count). The zero-order chi connectivity index (χ0) is 10.9. The number of hydrogen-bond donors (Lipinski definition) is 1. The maximum Gasteiger partial charge on any atom is 0.242 e. The van der Waals surface area contributed by atoms with E-state index in [-0.39, 0.29) is 0 Å². The summed E-state index contributed by atoms with van der Waals surface area (Å²) in [6, 6.07) is 3.92. The van der Waals surface area contributed by atoms with Crippen LogP contribution in [-0.4, -0.2) is 8.32 Å². The van der Waals surface area contributed by atoms with Crippen molar-refractivity contribution in [2.75, 3.05) is 5.73 Å². The van der Waals surface area contributed by atoms with Crippen molar-refractivity contribution in [3.63, 3.8) is 0 Å². The Labute approximate surface area is 94.7 Å². The van der Waals surface area contributed by atoms with Gasteiger partial charge in [-0.25, -0.2) is 0 Å². The predicted molar refractivity (Wildman–Crippen MR) is 67.3 cm³/mol. The zero-order valence-electron chi connectivity index (χ0n) is 9.02. The molecule has 0 aliphatic rings. The van der Waals surface area contributed by atoms with E-state index in [0.29, 0.717) is 0 Å². The van der Waals surface area contributed by atoms with Gasteiger partial charge in [-0.2, -0.15) is 0 Å². The molecule has 0 bridgehead atoms. The topological polar surface area (TPSA) is 35.2 Å². The minimum Gasteiger partial charge on any atom is -0.543 e. The van der Waals surface area contributed by atoms with Crippen LogP contribution in [0, 0.1) is 6.92 Å². The quantitative estimate of drug-likeness (QED) is 0.661. The lowest BCUT2D eigenvalue weighted by Crippen LogP contribution is -2.29. The molecule has 0 aliphatic heterocycles. The molecule has 14 heavy (non-hydrogen) atoms. The van der Waals surface area contributed by atoms with Gasteiger partial charge in [0.2, 0.25) is 8.32 Å². The molecule has 4 heteroatoms. The fourth-order valence-corrected chi connectivity index (χ4v) is 2.52. The van der Waals surface area contributed by atoms with E-state index in [1.54, 1.807) is 0 Å². The van der Waals surface area contributed by atoms with E-state index in [9.17, 15) is 0 Å². The Morgan fingerprint density at radius 1 is 1.29 bits per heavy atom. The van der Waals surface area contributed by atoms with Crippen molar-refractivity contribution in [3.8, 4) is 5.75 Å². The number of nitrogen functional groups attached to an aromatic ring is 1. The maximum absolute atomic E-state index is 5.94. The third-order valence-electron chi connectivity index (χ3n) is 1.73. The summed E-state index contributed by atoms with van der Waals surface area (Å²) in [5.41, 5.74) is 7.73. The van der Waals surface area contributed by atoms with Crippen LogP contribution >= 0.6 is 15.9 Å². The van der Waals surface area contributed by atoms with Crippen LogP contribution in [0.4, 0.5) is 5.69 Å². The minimum atomic E-state index is -1.58. The number of halogens is 1. The largest absolute Gasteiger partial charge is 0.543 e. The lowest BCUT2D eigenvalue weighted by molar-refractivity contribution is 0.559. The lowest BCUT2D eigenvalue weighted by atomic mass is 10.2. The van der Waals surface area contributed by atoms with E-state index in [1.165, 1.54) is 0 Å². The molecule has 1 aromatic rings. The van der Waals surface area contributed by atoms with Crippen LogP contribution in [0.1, 0.15) is 5.56 Å². The summed E-state index contributed by atoms with van der Waals surface area (Å²) >= 11 is 3.43. The van der Waals surface area contributed by atoms with Crippen molar-refractivity contribution in [3.05, 3.63) is 22.2 Å². The molecule has 1 aromatic carbocycles. The van der Waals surface area contributed by atoms with Crippen LogP contribution < -0.4 is 10.2 Å². The van der Waals surface area contributed by atoms with E-state index in [0.717, 1.165) is 21.5 Å². The molecule has 0 heterocycles. The summed E-state index contributed by atoms with van der Waals surface area (Å²) in [4.78, 5) is 0. The van der Waals surface area contributed by atoms with Crippen LogP contribution in [-0.2, 0) is 0 Å². The second-order valence-electron chi connectivity index (χ2n) is 4.35. The highest BCUT2D eigenvalue weighted by Gasteiger charge is 2.18. The third-order valence-corrected chi connectivity index (χ3v) is 3.02. The smallest absolute Gasteiger partial charge is 0.242 e. The highest BCUT2D eigenvalue weighted by molar-refractivity contribution is 9.10. The van der Waals surface area contributed by atoms with Crippen molar-refractivity contribution in [1.29, 1.82) is 0 Å². The van der Waals surface area contributed by atoms with Gasteiger partial charge in [0.25, 0.3) is 0 Å². The normalized spacial score (nSPS) is 11.5. The Morgan fingerprint density at radius 2 is 1.86 bits per heavy atom. The molecule has 0 saturated carbocycles. The molecule has 2 N–H and O–H groups in total. The SMILES string of the molecule is Cc1cc(Br)cc(O[Si](C)(C)C)c1N. The van der Waals surface area contributed by atoms with Gasteiger partial charge < -0.3 is 10.2 Å². The number of anilines is 1. The van der Waals surface area contributed by atoms with Gasteiger partial charge in [0.1, 0.15) is 5.75 Å². The first-order chi connectivity index (χ1) is 6.29. The summed E-state index contributed by atoms with van der Waals surface area (Å²) in [7, 11) is -1.58. The van der Waals surface area contributed by atoms with E-state index in [4.69, 9.17) is 10.2 Å². The van der Waals surface area contributed by atoms with Gasteiger partial charge in [-0.05, 0) is 44.3 Å². The van der Waals surface area contributed by atoms with Crippen molar-refractivity contribution in [2.24, 2.45) is 0 Å². The Bertz CT molecular complexity index is 347. The molecule has 0 amide bonds. The van der Waals surface area contributed by atoms with Gasteiger partial charge in [-0.1, -0.05) is 15.9 Å². The number of hydrogen-bond acceptors (Lipinski definition) is 2. The average Bonchev–Trinajstić information content (AvgIpc) is 1.96. The molecular weight excluding hydrogens is 258 g/mol. The second kappa shape index (κ2) is 3.94. The molecule has 0 saturated heterocycles. The van der Waals surface area contributed by atoms with Crippen molar-refractivity contribution in [1.82, 2.24) is 0 Å². The van der Waals surface area contributed by atoms with Gasteiger partial charge in [0, 0.05) is 4.47 Å². The van der Waals surface area contributed by atoms with E-state index < -0.39 is 8.32 Å². The standard InChI is InChI=1S/C10H16BrNOSi/c1-7-5-8(11)6-9(10(7)12)13-14(2,3)4/h5-6H,12H2,1-4H3. The van der Waals surface area contributed by atoms with Crippen molar-refractivity contribution in [2.45, 2.75) is 26.6 Å². The lowest BCUT2D eigenvalue weighted by Gasteiger charge is -2.21. The van der Waals surface area contributed by atoms with Crippen LogP contribution in [0.5, 0.6) is 5.75 Å². The molecule has 0 radical (unpaired) electrons. The minimum absolute atomic E-state index is 0.746. The predicted octanol–water partition coefficient (Wildman–Crippen LogP) is 3.55. The Hall–Kier alpha value is -0.483. The molecule has 78 valence electrons. The van der Waals surface area contributed by atoms with E-state index in [2.05, 4.69) is 35.6 Å². The molecule has 0 spiro atoms. The number of rotatable bonds is 2. The summed E-state index contributed by atoms with van der Waals surface area (Å²) < 4.78 is 6.89. The number of nitrogens with two attached hydrogens (primary N) is 1. The van der Waals surface area contributed by atoms with Gasteiger partial charge in [-0.3, -0.25) is 0 Å². The van der Waals surface area contributed by atoms with Gasteiger partial charge in [0.15, 0.2) is 0 Å². The number of aryl methyl sites for hydroxylation is 1. The highest BCUT2D eigenvalue weighted by Crippen LogP contribution is 2.31. The Morgan fingerprint density at radius 3 is 2.36 bits per heavy atom. The summed E-state index contributed by atoms with van der Waals surface area (Å²) in [6.45, 7) is 8.41. The molecule has 0 aliphatic carbocycles.